The molecule has 0 radical (unpaired) electrons. The molecule has 0 aliphatic carbocycles. The van der Waals surface area contributed by atoms with E-state index in [0.29, 0.717) is 6.07 Å². The second kappa shape index (κ2) is 5.62. The molecule has 2 rings (SSSR count). The third-order valence-electron chi connectivity index (χ3n) is 2.48. The Hall–Kier alpha value is -2.26. The van der Waals surface area contributed by atoms with Gasteiger partial charge in [-0.2, -0.15) is 4.98 Å². The number of pyridine rings is 1. The molecule has 0 unspecified atom stereocenters. The third kappa shape index (κ3) is 3.44. The number of halogens is 2. The molecule has 0 atom stereocenters. The van der Waals surface area contributed by atoms with Gasteiger partial charge in [0, 0.05) is 12.3 Å². The molecule has 3 N–H and O–H groups in total. The van der Waals surface area contributed by atoms with Crippen LogP contribution in [0.25, 0.3) is 0 Å². The fourth-order valence-electron chi connectivity index (χ4n) is 1.50. The number of hydrazine groups is 1. The molecule has 0 saturated carbocycles. The van der Waals surface area contributed by atoms with E-state index in [1.165, 1.54) is 24.3 Å². The first-order valence-electron chi connectivity index (χ1n) is 5.62. The molecule has 0 aliphatic rings. The Bertz CT molecular complexity index is 781. The topological polar surface area (TPSA) is 94.3 Å². The first-order chi connectivity index (χ1) is 9.81. The largest absolute Gasteiger partial charge is 0.436 e. The lowest BCUT2D eigenvalue weighted by Gasteiger charge is -2.09. The lowest BCUT2D eigenvalue weighted by molar-refractivity contribution is 0.417. The van der Waals surface area contributed by atoms with Gasteiger partial charge in [-0.1, -0.05) is 6.07 Å². The first-order valence-corrected chi connectivity index (χ1v) is 7.51. The van der Waals surface area contributed by atoms with E-state index < -0.39 is 33.2 Å². The fourth-order valence-corrected chi connectivity index (χ4v) is 2.16. The number of aromatic nitrogens is 1. The number of nitrogens with two attached hydrogens (primary N) is 1. The van der Waals surface area contributed by atoms with E-state index in [0.717, 1.165) is 6.26 Å². The van der Waals surface area contributed by atoms with Crippen molar-refractivity contribution >= 4 is 15.7 Å². The van der Waals surface area contributed by atoms with Crippen molar-refractivity contribution in [1.82, 2.24) is 4.98 Å². The highest BCUT2D eigenvalue weighted by Crippen LogP contribution is 2.27. The summed E-state index contributed by atoms with van der Waals surface area (Å²) in [5.41, 5.74) is 1.96. The summed E-state index contributed by atoms with van der Waals surface area (Å²) in [6.45, 7) is 0. The van der Waals surface area contributed by atoms with Gasteiger partial charge in [0.1, 0.15) is 5.75 Å². The van der Waals surface area contributed by atoms with Crippen LogP contribution in [0.4, 0.5) is 14.6 Å². The van der Waals surface area contributed by atoms with Gasteiger partial charge in [-0.15, -0.1) is 0 Å². The number of nitrogens with zero attached hydrogens (tertiary/aromatic N) is 1. The summed E-state index contributed by atoms with van der Waals surface area (Å²) in [6.07, 6.45) is 1.03. The highest BCUT2D eigenvalue weighted by Gasteiger charge is 2.14. The Kier molecular flexibility index (Phi) is 4.05. The van der Waals surface area contributed by atoms with Gasteiger partial charge in [0.2, 0.25) is 0 Å². The van der Waals surface area contributed by atoms with Crippen LogP contribution in [0.2, 0.25) is 0 Å². The minimum atomic E-state index is -3.43. The van der Waals surface area contributed by atoms with Crippen molar-refractivity contribution < 1.29 is 21.9 Å². The molecule has 0 spiro atoms. The van der Waals surface area contributed by atoms with E-state index in [4.69, 9.17) is 10.6 Å². The molecule has 1 heterocycles. The van der Waals surface area contributed by atoms with Crippen LogP contribution in [0.5, 0.6) is 11.6 Å². The van der Waals surface area contributed by atoms with Gasteiger partial charge in [0.05, 0.1) is 4.90 Å². The highest BCUT2D eigenvalue weighted by atomic mass is 32.2. The summed E-state index contributed by atoms with van der Waals surface area (Å²) >= 11 is 0. The molecule has 112 valence electrons. The number of hydrogen-bond donors (Lipinski definition) is 2. The zero-order chi connectivity index (χ0) is 15.6. The molecule has 0 aliphatic heterocycles. The molecule has 2 aromatic rings. The first kappa shape index (κ1) is 15.1. The van der Waals surface area contributed by atoms with Gasteiger partial charge in [-0.3, -0.25) is 0 Å². The average molecular weight is 315 g/mol. The summed E-state index contributed by atoms with van der Waals surface area (Å²) in [5.74, 6) is 2.12. The van der Waals surface area contributed by atoms with Crippen molar-refractivity contribution in [3.05, 3.63) is 42.0 Å². The van der Waals surface area contributed by atoms with Crippen LogP contribution >= 0.6 is 0 Å². The van der Waals surface area contributed by atoms with Gasteiger partial charge >= 0.3 is 0 Å². The van der Waals surface area contributed by atoms with E-state index in [-0.39, 0.29) is 10.6 Å². The van der Waals surface area contributed by atoms with Crippen molar-refractivity contribution in [3.63, 3.8) is 0 Å². The van der Waals surface area contributed by atoms with Gasteiger partial charge in [0.15, 0.2) is 27.3 Å². The summed E-state index contributed by atoms with van der Waals surface area (Å²) in [4.78, 5) is 3.52. The van der Waals surface area contributed by atoms with Crippen LogP contribution in [0.3, 0.4) is 0 Å². The molecular weight excluding hydrogens is 304 g/mol. The molecular formula is C12H11F2N3O3S. The Morgan fingerprint density at radius 2 is 1.95 bits per heavy atom. The molecule has 1 aromatic heterocycles. The van der Waals surface area contributed by atoms with E-state index in [1.54, 1.807) is 0 Å². The van der Waals surface area contributed by atoms with Crippen molar-refractivity contribution in [2.24, 2.45) is 5.84 Å². The summed E-state index contributed by atoms with van der Waals surface area (Å²) in [7, 11) is -3.43. The van der Waals surface area contributed by atoms with Crippen molar-refractivity contribution in [2.45, 2.75) is 4.90 Å². The average Bonchev–Trinajstić information content (AvgIpc) is 2.41. The lowest BCUT2D eigenvalue weighted by atomic mass is 10.3. The van der Waals surface area contributed by atoms with E-state index >= 15 is 0 Å². The van der Waals surface area contributed by atoms with Gasteiger partial charge in [-0.05, 0) is 18.2 Å². The second-order valence-corrected chi connectivity index (χ2v) is 6.11. The predicted molar refractivity (Wildman–Crippen MR) is 71.6 cm³/mol. The molecule has 6 nitrogen and oxygen atoms in total. The van der Waals surface area contributed by atoms with Crippen LogP contribution in [0.15, 0.2) is 35.2 Å². The number of rotatable bonds is 4. The number of nitrogen functional groups attached to an aromatic ring is 1. The normalized spacial score (nSPS) is 11.2. The van der Waals surface area contributed by atoms with Crippen LogP contribution in [-0.2, 0) is 9.84 Å². The lowest BCUT2D eigenvalue weighted by Crippen LogP contribution is -2.11. The Morgan fingerprint density at radius 3 is 2.57 bits per heavy atom. The minimum absolute atomic E-state index is 0.000284. The number of ether oxygens (including phenoxy) is 1. The Morgan fingerprint density at radius 1 is 1.24 bits per heavy atom. The molecule has 0 fully saturated rings. The molecule has 21 heavy (non-hydrogen) atoms. The number of nitrogens with one attached hydrogen (secondary N) is 1. The maximum atomic E-state index is 13.6. The molecule has 0 saturated heterocycles. The monoisotopic (exact) mass is 315 g/mol. The molecule has 9 heteroatoms. The van der Waals surface area contributed by atoms with E-state index in [1.807, 2.05) is 5.43 Å². The highest BCUT2D eigenvalue weighted by molar-refractivity contribution is 7.90. The standard InChI is InChI=1S/C12H11F2N3O3S/c1-21(18,19)8-4-2-3-7(5-8)20-12-10(14)6-9(13)11(16-12)17-15/h2-6H,15H2,1H3,(H,16,17). The van der Waals surface area contributed by atoms with Crippen LogP contribution in [0, 0.1) is 11.6 Å². The molecule has 0 bridgehead atoms. The van der Waals surface area contributed by atoms with E-state index in [2.05, 4.69) is 4.98 Å². The third-order valence-corrected chi connectivity index (χ3v) is 3.59. The maximum absolute atomic E-state index is 13.6. The van der Waals surface area contributed by atoms with Crippen LogP contribution < -0.4 is 16.0 Å². The maximum Gasteiger partial charge on any atom is 0.258 e. The minimum Gasteiger partial charge on any atom is -0.436 e. The van der Waals surface area contributed by atoms with Crippen molar-refractivity contribution in [3.8, 4) is 11.6 Å². The smallest absolute Gasteiger partial charge is 0.258 e. The van der Waals surface area contributed by atoms with Crippen LogP contribution in [-0.4, -0.2) is 19.7 Å². The number of sulfone groups is 1. The number of benzene rings is 1. The predicted octanol–water partition coefficient (Wildman–Crippen LogP) is 1.84. The van der Waals surface area contributed by atoms with Crippen molar-refractivity contribution in [2.75, 3.05) is 11.7 Å². The quantitative estimate of drug-likeness (QED) is 0.660. The number of hydrogen-bond acceptors (Lipinski definition) is 6. The molecule has 1 aromatic carbocycles. The van der Waals surface area contributed by atoms with Gasteiger partial charge in [-0.25, -0.2) is 23.0 Å². The van der Waals surface area contributed by atoms with Gasteiger partial charge in [0.25, 0.3) is 5.88 Å². The summed E-state index contributed by atoms with van der Waals surface area (Å²) in [5, 5.41) is 0. The second-order valence-electron chi connectivity index (χ2n) is 4.10. The Balaban J connectivity index is 2.39. The zero-order valence-electron chi connectivity index (χ0n) is 10.8. The SMILES string of the molecule is CS(=O)(=O)c1cccc(Oc2nc(NN)c(F)cc2F)c1. The Labute approximate surface area is 119 Å². The zero-order valence-corrected chi connectivity index (χ0v) is 11.6. The summed E-state index contributed by atoms with van der Waals surface area (Å²) in [6, 6.07) is 5.96. The number of anilines is 1. The fraction of sp³-hybridized carbons (Fsp3) is 0.0833. The molecule has 0 amide bonds. The van der Waals surface area contributed by atoms with Gasteiger partial charge < -0.3 is 10.2 Å². The van der Waals surface area contributed by atoms with E-state index in [9.17, 15) is 17.2 Å². The van der Waals surface area contributed by atoms with Crippen molar-refractivity contribution in [1.29, 1.82) is 0 Å². The van der Waals surface area contributed by atoms with Crippen LogP contribution in [0.1, 0.15) is 0 Å². The summed E-state index contributed by atoms with van der Waals surface area (Å²) < 4.78 is 54.8.